The van der Waals surface area contributed by atoms with Crippen LogP contribution < -0.4 is 0 Å². The van der Waals surface area contributed by atoms with E-state index in [-0.39, 0.29) is 6.33 Å². The molecule has 0 aliphatic carbocycles. The number of halogens is 1. The summed E-state index contributed by atoms with van der Waals surface area (Å²) in [4.78, 5) is 19.1. The zero-order valence-corrected chi connectivity index (χ0v) is 5.53. The van der Waals surface area contributed by atoms with E-state index in [0.29, 0.717) is 12.2 Å². The average molecular weight is 162 g/mol. The van der Waals surface area contributed by atoms with Crippen molar-refractivity contribution in [3.8, 4) is 0 Å². The van der Waals surface area contributed by atoms with E-state index in [4.69, 9.17) is 10.2 Å². The second-order valence-electron chi connectivity index (χ2n) is 1.16. The van der Waals surface area contributed by atoms with Crippen LogP contribution >= 0.6 is 0 Å². The van der Waals surface area contributed by atoms with Gasteiger partial charge >= 0.3 is 11.9 Å². The van der Waals surface area contributed by atoms with Crippen LogP contribution in [-0.2, 0) is 9.59 Å². The molecular weight excluding hydrogens is 155 g/mol. The van der Waals surface area contributed by atoms with Crippen LogP contribution in [0.2, 0.25) is 0 Å². The fraction of sp³-hybridized carbons (Fsp3) is 0. The monoisotopic (exact) mass is 162 g/mol. The number of aliphatic carboxylic acids is 2. The van der Waals surface area contributed by atoms with Crippen molar-refractivity contribution in [2.24, 2.45) is 0 Å². The fourth-order valence-electron chi connectivity index (χ4n) is 0.143. The number of hydrogen-bond acceptors (Lipinski definition) is 2. The topological polar surface area (TPSA) is 74.6 Å². The third-order valence-corrected chi connectivity index (χ3v) is 0.368. The van der Waals surface area contributed by atoms with Crippen molar-refractivity contribution in [2.75, 3.05) is 0 Å². The van der Waals surface area contributed by atoms with E-state index in [2.05, 4.69) is 6.58 Å². The molecule has 0 bridgehead atoms. The van der Waals surface area contributed by atoms with Crippen LogP contribution in [0, 0.1) is 0 Å². The largest absolute Gasteiger partial charge is 0.478 e. The lowest BCUT2D eigenvalue weighted by atomic mass is 10.5. The van der Waals surface area contributed by atoms with Gasteiger partial charge < -0.3 is 10.2 Å². The van der Waals surface area contributed by atoms with Crippen molar-refractivity contribution < 1.29 is 24.2 Å². The van der Waals surface area contributed by atoms with Crippen LogP contribution in [0.3, 0.4) is 0 Å². The first-order valence-corrected chi connectivity index (χ1v) is 2.39. The van der Waals surface area contributed by atoms with E-state index in [0.717, 1.165) is 0 Å². The van der Waals surface area contributed by atoms with Crippen molar-refractivity contribution in [1.29, 1.82) is 0 Å². The first-order valence-electron chi connectivity index (χ1n) is 2.39. The average Bonchev–Trinajstić information content (AvgIpc) is 1.85. The van der Waals surface area contributed by atoms with Crippen LogP contribution in [-0.4, -0.2) is 22.2 Å². The molecular formula is C6H7FO4. The Labute approximate surface area is 62.3 Å². The van der Waals surface area contributed by atoms with Gasteiger partial charge in [0.2, 0.25) is 0 Å². The Hall–Kier alpha value is -1.65. The molecule has 0 aromatic rings. The van der Waals surface area contributed by atoms with Crippen LogP contribution in [0.5, 0.6) is 0 Å². The van der Waals surface area contributed by atoms with Crippen molar-refractivity contribution in [2.45, 2.75) is 0 Å². The highest BCUT2D eigenvalue weighted by atomic mass is 19.1. The molecule has 0 spiro atoms. The van der Waals surface area contributed by atoms with Gasteiger partial charge in [0, 0.05) is 12.2 Å². The molecule has 0 unspecified atom stereocenters. The van der Waals surface area contributed by atoms with Gasteiger partial charge in [-0.25, -0.2) is 14.0 Å². The Bertz CT molecular complexity index is 157. The van der Waals surface area contributed by atoms with Gasteiger partial charge in [-0.1, -0.05) is 6.58 Å². The van der Waals surface area contributed by atoms with E-state index >= 15 is 0 Å². The van der Waals surface area contributed by atoms with E-state index in [1.807, 2.05) is 0 Å². The SMILES string of the molecule is C=CF.O=C(O)/C=C\C(=O)O. The molecule has 0 aliphatic rings. The summed E-state index contributed by atoms with van der Waals surface area (Å²) in [5.41, 5.74) is 0. The Kier molecular flexibility index (Phi) is 9.16. The number of rotatable bonds is 2. The zero-order chi connectivity index (χ0) is 9.28. The summed E-state index contributed by atoms with van der Waals surface area (Å²) in [7, 11) is 0. The molecule has 4 nitrogen and oxygen atoms in total. The lowest BCUT2D eigenvalue weighted by Crippen LogP contribution is -1.91. The molecule has 11 heavy (non-hydrogen) atoms. The Morgan fingerprint density at radius 1 is 1.18 bits per heavy atom. The van der Waals surface area contributed by atoms with E-state index < -0.39 is 11.9 Å². The highest BCUT2D eigenvalue weighted by molar-refractivity contribution is 5.89. The highest BCUT2D eigenvalue weighted by Crippen LogP contribution is 1.70. The maximum absolute atomic E-state index is 10.1. The summed E-state index contributed by atoms with van der Waals surface area (Å²) in [6, 6.07) is 0. The summed E-state index contributed by atoms with van der Waals surface area (Å²) in [5.74, 6) is -2.51. The van der Waals surface area contributed by atoms with Crippen molar-refractivity contribution in [3.05, 3.63) is 25.1 Å². The maximum atomic E-state index is 10.1. The molecule has 0 heterocycles. The number of carbonyl (C=O) groups is 2. The predicted octanol–water partition coefficient (Wildman–Crippen LogP) is 0.811. The number of carboxylic acids is 2. The maximum Gasteiger partial charge on any atom is 0.328 e. The molecule has 0 rings (SSSR count). The Morgan fingerprint density at radius 3 is 1.45 bits per heavy atom. The fourth-order valence-corrected chi connectivity index (χ4v) is 0.143. The van der Waals surface area contributed by atoms with Gasteiger partial charge in [0.1, 0.15) is 0 Å². The van der Waals surface area contributed by atoms with Gasteiger partial charge in [-0.05, 0) is 0 Å². The van der Waals surface area contributed by atoms with Gasteiger partial charge in [0.25, 0.3) is 0 Å². The minimum atomic E-state index is -1.26. The zero-order valence-electron chi connectivity index (χ0n) is 5.53. The third-order valence-electron chi connectivity index (χ3n) is 0.368. The van der Waals surface area contributed by atoms with Crippen LogP contribution in [0.1, 0.15) is 0 Å². The number of carboxylic acid groups (broad SMARTS) is 2. The summed E-state index contributed by atoms with van der Waals surface area (Å²) >= 11 is 0. The van der Waals surface area contributed by atoms with Gasteiger partial charge in [0.15, 0.2) is 0 Å². The molecule has 5 heteroatoms. The highest BCUT2D eigenvalue weighted by Gasteiger charge is 1.88. The normalized spacial score (nSPS) is 8.09. The molecule has 0 radical (unpaired) electrons. The van der Waals surface area contributed by atoms with Crippen molar-refractivity contribution in [1.82, 2.24) is 0 Å². The standard InChI is InChI=1S/C4H4O4.C2H3F/c5-3(6)1-2-4(7)8;1-2-3/h1-2H,(H,5,6)(H,7,8);2H,1H2/b2-1-;. The third kappa shape index (κ3) is 30.0. The quantitative estimate of drug-likeness (QED) is 0.589. The van der Waals surface area contributed by atoms with Gasteiger partial charge in [-0.15, -0.1) is 0 Å². The molecule has 0 aliphatic heterocycles. The molecule has 62 valence electrons. The van der Waals surface area contributed by atoms with E-state index in [1.165, 1.54) is 0 Å². The predicted molar refractivity (Wildman–Crippen MR) is 35.7 cm³/mol. The van der Waals surface area contributed by atoms with Gasteiger partial charge in [-0.3, -0.25) is 0 Å². The summed E-state index contributed by atoms with van der Waals surface area (Å²) in [6.07, 6.45) is 1.37. The van der Waals surface area contributed by atoms with E-state index in [1.54, 1.807) is 0 Å². The van der Waals surface area contributed by atoms with Gasteiger partial charge in [0.05, 0.1) is 6.33 Å². The summed E-state index contributed by atoms with van der Waals surface area (Å²) in [6.45, 7) is 2.69. The van der Waals surface area contributed by atoms with Crippen LogP contribution in [0.15, 0.2) is 25.1 Å². The molecule has 0 fully saturated rings. The Morgan fingerprint density at radius 2 is 1.36 bits per heavy atom. The molecule has 0 amide bonds. The van der Waals surface area contributed by atoms with Crippen molar-refractivity contribution >= 4 is 11.9 Å². The summed E-state index contributed by atoms with van der Waals surface area (Å²) in [5, 5.41) is 15.6. The Balaban J connectivity index is 0. The minimum Gasteiger partial charge on any atom is -0.478 e. The van der Waals surface area contributed by atoms with Crippen LogP contribution in [0.25, 0.3) is 0 Å². The second kappa shape index (κ2) is 8.35. The second-order valence-corrected chi connectivity index (χ2v) is 1.16. The first kappa shape index (κ1) is 12.1. The first-order chi connectivity index (χ1) is 5.04. The minimum absolute atomic E-state index is 0.250. The lowest BCUT2D eigenvalue weighted by molar-refractivity contribution is -0.134. The molecule has 0 aromatic heterocycles. The molecule has 0 atom stereocenters. The number of hydrogen-bond donors (Lipinski definition) is 2. The molecule has 2 N–H and O–H groups in total. The van der Waals surface area contributed by atoms with Crippen LogP contribution in [0.4, 0.5) is 4.39 Å². The molecule has 0 saturated heterocycles. The molecule has 0 saturated carbocycles. The molecule has 0 aromatic carbocycles. The summed E-state index contributed by atoms with van der Waals surface area (Å²) < 4.78 is 10.1. The smallest absolute Gasteiger partial charge is 0.328 e. The van der Waals surface area contributed by atoms with Crippen molar-refractivity contribution in [3.63, 3.8) is 0 Å². The van der Waals surface area contributed by atoms with Gasteiger partial charge in [-0.2, -0.15) is 0 Å². The lowest BCUT2D eigenvalue weighted by Gasteiger charge is -1.74. The van der Waals surface area contributed by atoms with E-state index in [9.17, 15) is 14.0 Å².